The molecule has 0 bridgehead atoms. The summed E-state index contributed by atoms with van der Waals surface area (Å²) in [5.74, 6) is 0.950. The number of hydrogen-bond acceptors (Lipinski definition) is 3. The first-order chi connectivity index (χ1) is 29.4. The number of imidazole rings is 1. The predicted octanol–water partition coefficient (Wildman–Crippen LogP) is 13.6. The summed E-state index contributed by atoms with van der Waals surface area (Å²) in [6.07, 6.45) is 0. The Morgan fingerprint density at radius 2 is 1.03 bits per heavy atom. The molecule has 0 amide bonds. The second kappa shape index (κ2) is 13.0. The Labute approximate surface area is 348 Å². The van der Waals surface area contributed by atoms with Crippen LogP contribution in [0.3, 0.4) is 0 Å². The summed E-state index contributed by atoms with van der Waals surface area (Å²) in [4.78, 5) is 10.1. The molecular formula is C54H42N6. The predicted molar refractivity (Wildman–Crippen MR) is 251 cm³/mol. The number of para-hydroxylation sites is 6. The molecule has 0 radical (unpaired) electrons. The van der Waals surface area contributed by atoms with E-state index < -0.39 is 0 Å². The standard InChI is InChI=1S/C54H42N6/c1-34-27-35(2)53(36(3)28-34)58-33-57(48-23-12-13-24-49(48)58)39-17-14-18-40(30-39)60-50-29-37(54-55-45-20-9-11-22-47(45)56(54)4)25-26-42(50)44-31-43-41-19-8-10-21-46(41)59(51(43)32-52(44)60)38-15-6-5-7-16-38/h5-32H,33H2,1-4H3. The summed E-state index contributed by atoms with van der Waals surface area (Å²) in [6.45, 7) is 7.37. The Balaban J connectivity index is 1.11. The number of anilines is 4. The topological polar surface area (TPSA) is 34.2 Å². The Bertz CT molecular complexity index is 3510. The highest BCUT2D eigenvalue weighted by Crippen LogP contribution is 2.47. The van der Waals surface area contributed by atoms with Crippen LogP contribution >= 0.6 is 0 Å². The Kier molecular flexibility index (Phi) is 7.45. The van der Waals surface area contributed by atoms with Crippen molar-refractivity contribution in [3.05, 3.63) is 187 Å². The minimum atomic E-state index is 0.718. The first-order valence-electron chi connectivity index (χ1n) is 20.7. The largest absolute Gasteiger partial charge is 0.327 e. The van der Waals surface area contributed by atoms with Gasteiger partial charge in [0.1, 0.15) is 12.5 Å². The molecule has 8 aromatic carbocycles. The van der Waals surface area contributed by atoms with E-state index in [1.54, 1.807) is 0 Å². The molecule has 12 rings (SSSR count). The smallest absolute Gasteiger partial charge is 0.140 e. The van der Waals surface area contributed by atoms with E-state index in [0.717, 1.165) is 57.2 Å². The fourth-order valence-corrected chi connectivity index (χ4v) is 10.2. The first-order valence-corrected chi connectivity index (χ1v) is 20.7. The lowest BCUT2D eigenvalue weighted by molar-refractivity contribution is 0.959. The van der Waals surface area contributed by atoms with E-state index in [0.29, 0.717) is 0 Å². The van der Waals surface area contributed by atoms with Gasteiger partial charge in [0.25, 0.3) is 0 Å². The van der Waals surface area contributed by atoms with Crippen LogP contribution in [0.5, 0.6) is 0 Å². The third-order valence-electron chi connectivity index (χ3n) is 12.7. The first kappa shape index (κ1) is 34.5. The lowest BCUT2D eigenvalue weighted by Gasteiger charge is -2.26. The van der Waals surface area contributed by atoms with Crippen molar-refractivity contribution >= 4 is 77.4 Å². The highest BCUT2D eigenvalue weighted by molar-refractivity contribution is 6.19. The zero-order valence-corrected chi connectivity index (χ0v) is 34.1. The van der Waals surface area contributed by atoms with Gasteiger partial charge in [-0.05, 0) is 111 Å². The van der Waals surface area contributed by atoms with Crippen LogP contribution in [0.25, 0.3) is 77.4 Å². The van der Waals surface area contributed by atoms with E-state index in [2.05, 4.69) is 221 Å². The van der Waals surface area contributed by atoms with E-state index >= 15 is 0 Å². The normalized spacial score (nSPS) is 12.9. The van der Waals surface area contributed by atoms with E-state index in [4.69, 9.17) is 4.98 Å². The van der Waals surface area contributed by atoms with Gasteiger partial charge in [0.15, 0.2) is 0 Å². The molecule has 1 aliphatic heterocycles. The van der Waals surface area contributed by atoms with Gasteiger partial charge in [-0.1, -0.05) is 96.6 Å². The van der Waals surface area contributed by atoms with Crippen LogP contribution in [0.15, 0.2) is 170 Å². The number of benzene rings is 8. The minimum Gasteiger partial charge on any atom is -0.327 e. The van der Waals surface area contributed by atoms with Crippen LogP contribution in [-0.2, 0) is 7.05 Å². The van der Waals surface area contributed by atoms with Crippen LogP contribution in [0.4, 0.5) is 22.7 Å². The molecule has 6 nitrogen and oxygen atoms in total. The van der Waals surface area contributed by atoms with Gasteiger partial charge < -0.3 is 23.5 Å². The van der Waals surface area contributed by atoms with Crippen molar-refractivity contribution in [3.63, 3.8) is 0 Å². The van der Waals surface area contributed by atoms with E-state index in [-0.39, 0.29) is 0 Å². The maximum atomic E-state index is 5.14. The highest BCUT2D eigenvalue weighted by Gasteiger charge is 2.30. The van der Waals surface area contributed by atoms with Crippen LogP contribution in [0.1, 0.15) is 16.7 Å². The number of hydrogen-bond donors (Lipinski definition) is 0. The molecule has 11 aromatic rings. The van der Waals surface area contributed by atoms with Crippen molar-refractivity contribution in [1.82, 2.24) is 18.7 Å². The lowest BCUT2D eigenvalue weighted by atomic mass is 10.0. The molecule has 0 spiro atoms. The molecule has 288 valence electrons. The molecule has 0 fully saturated rings. The van der Waals surface area contributed by atoms with E-state index in [1.165, 1.54) is 66.3 Å². The average Bonchev–Trinajstić information content (AvgIpc) is 4.00. The molecule has 1 aliphatic rings. The van der Waals surface area contributed by atoms with Gasteiger partial charge in [-0.2, -0.15) is 0 Å². The lowest BCUT2D eigenvalue weighted by Crippen LogP contribution is -2.25. The van der Waals surface area contributed by atoms with Crippen molar-refractivity contribution < 1.29 is 0 Å². The molecule has 3 aromatic heterocycles. The van der Waals surface area contributed by atoms with Crippen molar-refractivity contribution in [1.29, 1.82) is 0 Å². The zero-order valence-electron chi connectivity index (χ0n) is 34.1. The molecule has 0 saturated carbocycles. The molecule has 0 aliphatic carbocycles. The molecule has 0 saturated heterocycles. The van der Waals surface area contributed by atoms with Gasteiger partial charge in [-0.15, -0.1) is 0 Å². The summed E-state index contributed by atoms with van der Waals surface area (Å²) >= 11 is 0. The number of aryl methyl sites for hydroxylation is 4. The number of fused-ring (bicyclic) bond motifs is 8. The second-order valence-electron chi connectivity index (χ2n) is 16.4. The Morgan fingerprint density at radius 1 is 0.433 bits per heavy atom. The van der Waals surface area contributed by atoms with Gasteiger partial charge in [-0.25, -0.2) is 4.98 Å². The van der Waals surface area contributed by atoms with E-state index in [9.17, 15) is 0 Å². The number of aromatic nitrogens is 4. The summed E-state index contributed by atoms with van der Waals surface area (Å²) in [5.41, 5.74) is 18.8. The van der Waals surface area contributed by atoms with Gasteiger partial charge in [0, 0.05) is 56.9 Å². The number of nitrogens with zero attached hydrogens (tertiary/aromatic N) is 6. The van der Waals surface area contributed by atoms with Crippen molar-refractivity contribution in [2.45, 2.75) is 20.8 Å². The molecule has 4 heterocycles. The second-order valence-corrected chi connectivity index (χ2v) is 16.4. The maximum absolute atomic E-state index is 5.14. The number of rotatable bonds is 5. The maximum Gasteiger partial charge on any atom is 0.140 e. The fourth-order valence-electron chi connectivity index (χ4n) is 10.2. The molecule has 60 heavy (non-hydrogen) atoms. The van der Waals surface area contributed by atoms with Gasteiger partial charge in [0.2, 0.25) is 0 Å². The van der Waals surface area contributed by atoms with Crippen LogP contribution < -0.4 is 9.80 Å². The molecule has 0 atom stereocenters. The van der Waals surface area contributed by atoms with Crippen LogP contribution in [0, 0.1) is 20.8 Å². The third-order valence-corrected chi connectivity index (χ3v) is 12.7. The Morgan fingerprint density at radius 3 is 1.80 bits per heavy atom. The van der Waals surface area contributed by atoms with Crippen LogP contribution in [0.2, 0.25) is 0 Å². The summed E-state index contributed by atoms with van der Waals surface area (Å²) in [5, 5.41) is 4.91. The summed E-state index contributed by atoms with van der Waals surface area (Å²) in [7, 11) is 2.12. The fraction of sp³-hybridized carbons (Fsp3) is 0.0926. The average molecular weight is 775 g/mol. The summed E-state index contributed by atoms with van der Waals surface area (Å²) < 4.78 is 7.10. The van der Waals surface area contributed by atoms with Gasteiger partial charge >= 0.3 is 0 Å². The van der Waals surface area contributed by atoms with Crippen molar-refractivity contribution in [2.24, 2.45) is 7.05 Å². The van der Waals surface area contributed by atoms with Gasteiger partial charge in [-0.3, -0.25) is 0 Å². The molecule has 0 N–H and O–H groups in total. The van der Waals surface area contributed by atoms with Gasteiger partial charge in [0.05, 0.1) is 44.5 Å². The molecule has 6 heteroatoms. The zero-order chi connectivity index (χ0) is 40.2. The highest BCUT2D eigenvalue weighted by atomic mass is 15.4. The SMILES string of the molecule is Cc1cc(C)c(N2CN(c3cccc(-n4c5cc(-c6nc7ccccc7n6C)ccc5c5cc6c7ccccc7n(-c7ccccc7)c6cc54)c3)c3ccccc32)c(C)c1. The third kappa shape index (κ3) is 5.04. The summed E-state index contributed by atoms with van der Waals surface area (Å²) in [6, 6.07) is 62.1. The minimum absolute atomic E-state index is 0.718. The molecular weight excluding hydrogens is 733 g/mol. The van der Waals surface area contributed by atoms with Crippen LogP contribution in [-0.4, -0.2) is 25.4 Å². The van der Waals surface area contributed by atoms with E-state index in [1.807, 2.05) is 0 Å². The van der Waals surface area contributed by atoms with Crippen molar-refractivity contribution in [3.8, 4) is 22.8 Å². The van der Waals surface area contributed by atoms with Crippen molar-refractivity contribution in [2.75, 3.05) is 16.5 Å². The Hall–Kier alpha value is -7.57. The quantitative estimate of drug-likeness (QED) is 0.175. The molecule has 0 unspecified atom stereocenters. The monoisotopic (exact) mass is 774 g/mol.